The SMILES string of the molecule is CCc1nc(SCC(=O)N2CCCC2)[nH]c(=O)c1C#N. The van der Waals surface area contributed by atoms with Crippen molar-refractivity contribution in [2.45, 2.75) is 31.3 Å². The van der Waals surface area contributed by atoms with E-state index in [1.165, 1.54) is 11.8 Å². The zero-order chi connectivity index (χ0) is 14.5. The first-order chi connectivity index (χ1) is 9.65. The van der Waals surface area contributed by atoms with Crippen LogP contribution in [0.4, 0.5) is 0 Å². The molecule has 106 valence electrons. The van der Waals surface area contributed by atoms with Gasteiger partial charge in [-0.15, -0.1) is 0 Å². The number of aromatic nitrogens is 2. The molecule has 0 bridgehead atoms. The Morgan fingerprint density at radius 1 is 1.50 bits per heavy atom. The molecule has 0 unspecified atom stereocenters. The average molecular weight is 292 g/mol. The maximum absolute atomic E-state index is 11.9. The van der Waals surface area contributed by atoms with Gasteiger partial charge in [0.2, 0.25) is 5.91 Å². The van der Waals surface area contributed by atoms with Crippen LogP contribution in [0.1, 0.15) is 31.0 Å². The molecule has 1 fully saturated rings. The molecule has 0 atom stereocenters. The van der Waals surface area contributed by atoms with Crippen molar-refractivity contribution < 1.29 is 4.79 Å². The Balaban J connectivity index is 2.06. The molecular formula is C13H16N4O2S. The van der Waals surface area contributed by atoms with Gasteiger partial charge < -0.3 is 9.88 Å². The number of likely N-dealkylation sites (tertiary alicyclic amines) is 1. The highest BCUT2D eigenvalue weighted by Crippen LogP contribution is 2.16. The third kappa shape index (κ3) is 3.20. The number of carbonyl (C=O) groups excluding carboxylic acids is 1. The Hall–Kier alpha value is -1.81. The lowest BCUT2D eigenvalue weighted by molar-refractivity contribution is -0.127. The summed E-state index contributed by atoms with van der Waals surface area (Å²) in [5.74, 6) is 0.329. The van der Waals surface area contributed by atoms with Crippen molar-refractivity contribution in [3.05, 3.63) is 21.6 Å². The van der Waals surface area contributed by atoms with Gasteiger partial charge in [-0.25, -0.2) is 4.98 Å². The van der Waals surface area contributed by atoms with Gasteiger partial charge in [0, 0.05) is 13.1 Å². The minimum absolute atomic E-state index is 0.0581. The van der Waals surface area contributed by atoms with Crippen LogP contribution < -0.4 is 5.56 Å². The number of hydrogen-bond donors (Lipinski definition) is 1. The third-order valence-electron chi connectivity index (χ3n) is 3.21. The summed E-state index contributed by atoms with van der Waals surface area (Å²) in [6.07, 6.45) is 2.63. The molecule has 1 aromatic heterocycles. The Morgan fingerprint density at radius 3 is 2.80 bits per heavy atom. The fourth-order valence-corrected chi connectivity index (χ4v) is 2.91. The van der Waals surface area contributed by atoms with Crippen molar-refractivity contribution >= 4 is 17.7 Å². The summed E-state index contributed by atoms with van der Waals surface area (Å²) >= 11 is 1.21. The standard InChI is InChI=1S/C13H16N4O2S/c1-2-10-9(7-14)12(19)16-13(15-10)20-8-11(18)17-5-3-4-6-17/h2-6,8H2,1H3,(H,15,16,19). The minimum Gasteiger partial charge on any atom is -0.342 e. The Bertz CT molecular complexity index is 599. The molecule has 0 radical (unpaired) electrons. The van der Waals surface area contributed by atoms with Crippen molar-refractivity contribution in [1.82, 2.24) is 14.9 Å². The van der Waals surface area contributed by atoms with Gasteiger partial charge in [0.15, 0.2) is 5.16 Å². The van der Waals surface area contributed by atoms with Crippen LogP contribution in [-0.2, 0) is 11.2 Å². The van der Waals surface area contributed by atoms with Gasteiger partial charge in [-0.3, -0.25) is 9.59 Å². The lowest BCUT2D eigenvalue weighted by Crippen LogP contribution is -2.29. The van der Waals surface area contributed by atoms with Crippen LogP contribution in [0.2, 0.25) is 0 Å². The molecule has 6 nitrogen and oxygen atoms in total. The molecule has 20 heavy (non-hydrogen) atoms. The van der Waals surface area contributed by atoms with Gasteiger partial charge >= 0.3 is 0 Å². The highest BCUT2D eigenvalue weighted by atomic mass is 32.2. The predicted molar refractivity (Wildman–Crippen MR) is 75.5 cm³/mol. The smallest absolute Gasteiger partial charge is 0.269 e. The molecule has 1 aliphatic rings. The number of carbonyl (C=O) groups is 1. The number of nitrogens with zero attached hydrogens (tertiary/aromatic N) is 3. The number of hydrogen-bond acceptors (Lipinski definition) is 5. The van der Waals surface area contributed by atoms with E-state index in [9.17, 15) is 9.59 Å². The topological polar surface area (TPSA) is 89.8 Å². The molecule has 0 aliphatic carbocycles. The molecule has 2 rings (SSSR count). The van der Waals surface area contributed by atoms with Crippen molar-refractivity contribution in [2.24, 2.45) is 0 Å². The second-order valence-corrected chi connectivity index (χ2v) is 5.50. The lowest BCUT2D eigenvalue weighted by Gasteiger charge is -2.14. The summed E-state index contributed by atoms with van der Waals surface area (Å²) in [6.45, 7) is 3.47. The zero-order valence-electron chi connectivity index (χ0n) is 11.3. The number of nitriles is 1. The highest BCUT2D eigenvalue weighted by Gasteiger charge is 2.18. The van der Waals surface area contributed by atoms with Crippen LogP contribution in [-0.4, -0.2) is 39.6 Å². The van der Waals surface area contributed by atoms with Crippen molar-refractivity contribution in [2.75, 3.05) is 18.8 Å². The van der Waals surface area contributed by atoms with Crippen LogP contribution in [0.3, 0.4) is 0 Å². The van der Waals surface area contributed by atoms with E-state index in [1.807, 2.05) is 17.9 Å². The van der Waals surface area contributed by atoms with Crippen LogP contribution in [0, 0.1) is 11.3 Å². The molecular weight excluding hydrogens is 276 g/mol. The van der Waals surface area contributed by atoms with Crippen LogP contribution in [0.15, 0.2) is 9.95 Å². The maximum atomic E-state index is 11.9. The van der Waals surface area contributed by atoms with Gasteiger partial charge in [-0.2, -0.15) is 5.26 Å². The molecule has 0 spiro atoms. The van der Waals surface area contributed by atoms with E-state index < -0.39 is 5.56 Å². The van der Waals surface area contributed by atoms with Gasteiger partial charge in [0.1, 0.15) is 11.6 Å². The monoisotopic (exact) mass is 292 g/mol. The fraction of sp³-hybridized carbons (Fsp3) is 0.538. The molecule has 0 aromatic carbocycles. The summed E-state index contributed by atoms with van der Waals surface area (Å²) in [6, 6.07) is 1.86. The van der Waals surface area contributed by atoms with E-state index in [4.69, 9.17) is 5.26 Å². The van der Waals surface area contributed by atoms with Crippen molar-refractivity contribution in [3.8, 4) is 6.07 Å². The van der Waals surface area contributed by atoms with Gasteiger partial charge in [-0.1, -0.05) is 18.7 Å². The second kappa shape index (κ2) is 6.57. The molecule has 0 saturated carbocycles. The quantitative estimate of drug-likeness (QED) is 0.658. The fourth-order valence-electron chi connectivity index (χ4n) is 2.12. The van der Waals surface area contributed by atoms with E-state index in [0.29, 0.717) is 17.3 Å². The predicted octanol–water partition coefficient (Wildman–Crippen LogP) is 0.918. The third-order valence-corrected chi connectivity index (χ3v) is 4.07. The first-order valence-electron chi connectivity index (χ1n) is 6.59. The number of thioether (sulfide) groups is 1. The molecule has 1 saturated heterocycles. The molecule has 1 aliphatic heterocycles. The molecule has 2 heterocycles. The minimum atomic E-state index is -0.435. The van der Waals surface area contributed by atoms with Gasteiger partial charge in [0.05, 0.1) is 11.4 Å². The van der Waals surface area contributed by atoms with E-state index in [2.05, 4.69) is 9.97 Å². The highest BCUT2D eigenvalue weighted by molar-refractivity contribution is 7.99. The largest absolute Gasteiger partial charge is 0.342 e. The molecule has 1 aromatic rings. The number of nitrogens with one attached hydrogen (secondary N) is 1. The molecule has 1 N–H and O–H groups in total. The van der Waals surface area contributed by atoms with Crippen LogP contribution in [0.5, 0.6) is 0 Å². The van der Waals surface area contributed by atoms with E-state index in [1.54, 1.807) is 0 Å². The van der Waals surface area contributed by atoms with E-state index >= 15 is 0 Å². The lowest BCUT2D eigenvalue weighted by atomic mass is 10.2. The summed E-state index contributed by atoms with van der Waals surface area (Å²) in [5.41, 5.74) is 0.102. The Morgan fingerprint density at radius 2 is 2.20 bits per heavy atom. The van der Waals surface area contributed by atoms with E-state index in [-0.39, 0.29) is 17.2 Å². The number of rotatable bonds is 4. The van der Waals surface area contributed by atoms with Crippen LogP contribution in [0.25, 0.3) is 0 Å². The molecule has 1 amide bonds. The summed E-state index contributed by atoms with van der Waals surface area (Å²) in [5, 5.41) is 9.31. The zero-order valence-corrected chi connectivity index (χ0v) is 12.1. The van der Waals surface area contributed by atoms with Gasteiger partial charge in [0.25, 0.3) is 5.56 Å². The first-order valence-corrected chi connectivity index (χ1v) is 7.58. The Kier molecular flexibility index (Phi) is 4.79. The summed E-state index contributed by atoms with van der Waals surface area (Å²) in [7, 11) is 0. The number of aromatic amines is 1. The van der Waals surface area contributed by atoms with E-state index in [0.717, 1.165) is 25.9 Å². The average Bonchev–Trinajstić information content (AvgIpc) is 2.98. The maximum Gasteiger partial charge on any atom is 0.269 e. The number of H-pyrrole nitrogens is 1. The van der Waals surface area contributed by atoms with Gasteiger partial charge in [-0.05, 0) is 19.3 Å². The first kappa shape index (κ1) is 14.6. The summed E-state index contributed by atoms with van der Waals surface area (Å²) in [4.78, 5) is 32.3. The number of amides is 1. The summed E-state index contributed by atoms with van der Waals surface area (Å²) < 4.78 is 0. The van der Waals surface area contributed by atoms with Crippen LogP contribution >= 0.6 is 11.8 Å². The second-order valence-electron chi connectivity index (χ2n) is 4.53. The number of aryl methyl sites for hydroxylation is 1. The van der Waals surface area contributed by atoms with Crippen molar-refractivity contribution in [3.63, 3.8) is 0 Å². The Labute approximate surface area is 121 Å². The normalized spacial score (nSPS) is 14.3. The van der Waals surface area contributed by atoms with Crippen molar-refractivity contribution in [1.29, 1.82) is 5.26 Å². The molecule has 7 heteroatoms.